The normalized spacial score (nSPS) is 15.6. The molecule has 0 unspecified atom stereocenters. The van der Waals surface area contributed by atoms with E-state index in [-0.39, 0.29) is 12.1 Å². The summed E-state index contributed by atoms with van der Waals surface area (Å²) in [5, 5.41) is 2.80. The second-order valence-corrected chi connectivity index (χ2v) is 5.25. The number of likely N-dealkylation sites (tertiary alicyclic amines) is 1. The molecule has 122 valence electrons. The molecule has 0 aromatic carbocycles. The second-order valence-electron chi connectivity index (χ2n) is 5.25. The van der Waals surface area contributed by atoms with Crippen molar-refractivity contribution in [3.63, 3.8) is 0 Å². The average molecular weight is 310 g/mol. The molecule has 1 saturated heterocycles. The number of ether oxygens (including phenoxy) is 2. The number of urea groups is 1. The molecule has 7 heteroatoms. The largest absolute Gasteiger partial charge is 0.490 e. The molecule has 0 bridgehead atoms. The maximum atomic E-state index is 11.9. The van der Waals surface area contributed by atoms with Crippen LogP contribution in [0, 0.1) is 6.92 Å². The molecule has 2 heterocycles. The lowest BCUT2D eigenvalue weighted by Gasteiger charge is -2.32. The van der Waals surface area contributed by atoms with Crippen molar-refractivity contribution in [1.29, 1.82) is 0 Å². The standard InChI is InChI=1S/C15H22N2O5/c1-11-9-13(10-14(18)21-11)22-12-3-6-17(7-4-12)15(19)16-5-8-20-2/h9-10,12H,3-8H2,1-2H3,(H,16,19). The van der Waals surface area contributed by atoms with Crippen molar-refractivity contribution in [2.75, 3.05) is 33.4 Å². The number of methoxy groups -OCH3 is 1. The summed E-state index contributed by atoms with van der Waals surface area (Å²) in [6, 6.07) is 2.97. The van der Waals surface area contributed by atoms with E-state index in [0.29, 0.717) is 37.8 Å². The van der Waals surface area contributed by atoms with Crippen molar-refractivity contribution in [2.24, 2.45) is 0 Å². The highest BCUT2D eigenvalue weighted by atomic mass is 16.5. The number of carbonyl (C=O) groups excluding carboxylic acids is 1. The van der Waals surface area contributed by atoms with Gasteiger partial charge in [0.25, 0.3) is 0 Å². The first-order chi connectivity index (χ1) is 10.6. The van der Waals surface area contributed by atoms with Gasteiger partial charge in [-0.15, -0.1) is 0 Å². The van der Waals surface area contributed by atoms with E-state index >= 15 is 0 Å². The third kappa shape index (κ3) is 4.77. The fraction of sp³-hybridized carbons (Fsp3) is 0.600. The molecule has 1 aromatic heterocycles. The molecule has 22 heavy (non-hydrogen) atoms. The average Bonchev–Trinajstić information content (AvgIpc) is 2.47. The van der Waals surface area contributed by atoms with E-state index in [0.717, 1.165) is 12.8 Å². The van der Waals surface area contributed by atoms with Gasteiger partial charge in [-0.3, -0.25) is 0 Å². The summed E-state index contributed by atoms with van der Waals surface area (Å²) in [7, 11) is 1.60. The Morgan fingerprint density at radius 1 is 1.41 bits per heavy atom. The van der Waals surface area contributed by atoms with Gasteiger partial charge in [-0.1, -0.05) is 0 Å². The van der Waals surface area contributed by atoms with Crippen molar-refractivity contribution in [3.8, 4) is 5.75 Å². The summed E-state index contributed by atoms with van der Waals surface area (Å²) < 4.78 is 15.6. The zero-order valence-corrected chi connectivity index (χ0v) is 13.0. The molecule has 0 atom stereocenters. The van der Waals surface area contributed by atoms with Crippen LogP contribution in [0.5, 0.6) is 5.75 Å². The fourth-order valence-electron chi connectivity index (χ4n) is 2.38. The van der Waals surface area contributed by atoms with E-state index in [4.69, 9.17) is 13.9 Å². The third-order valence-electron chi connectivity index (χ3n) is 3.48. The van der Waals surface area contributed by atoms with Crippen LogP contribution < -0.4 is 15.7 Å². The first-order valence-electron chi connectivity index (χ1n) is 7.38. The van der Waals surface area contributed by atoms with Gasteiger partial charge in [0.15, 0.2) is 0 Å². The second kappa shape index (κ2) is 7.84. The topological polar surface area (TPSA) is 81.0 Å². The molecular formula is C15H22N2O5. The van der Waals surface area contributed by atoms with Gasteiger partial charge < -0.3 is 24.1 Å². The Balaban J connectivity index is 1.79. The van der Waals surface area contributed by atoms with Crippen molar-refractivity contribution < 1.29 is 18.7 Å². The van der Waals surface area contributed by atoms with Crippen molar-refractivity contribution in [3.05, 3.63) is 28.3 Å². The Bertz CT molecular complexity index is 549. The minimum Gasteiger partial charge on any atom is -0.490 e. The number of rotatable bonds is 5. The summed E-state index contributed by atoms with van der Waals surface area (Å²) in [5.41, 5.74) is -0.412. The molecule has 1 N–H and O–H groups in total. The number of nitrogens with one attached hydrogen (secondary N) is 1. The Labute approximate surface area is 129 Å². The molecule has 7 nitrogen and oxygen atoms in total. The predicted molar refractivity (Wildman–Crippen MR) is 80.2 cm³/mol. The minimum absolute atomic E-state index is 0.00391. The summed E-state index contributed by atoms with van der Waals surface area (Å²) in [4.78, 5) is 25.0. The quantitative estimate of drug-likeness (QED) is 0.825. The number of hydrogen-bond donors (Lipinski definition) is 1. The predicted octanol–water partition coefficient (Wildman–Crippen LogP) is 1.15. The zero-order valence-electron chi connectivity index (χ0n) is 13.0. The smallest absolute Gasteiger partial charge is 0.339 e. The summed E-state index contributed by atoms with van der Waals surface area (Å²) in [6.07, 6.45) is 1.47. The highest BCUT2D eigenvalue weighted by Crippen LogP contribution is 2.18. The number of carbonyl (C=O) groups is 1. The molecule has 1 aromatic rings. The molecule has 2 amide bonds. The Morgan fingerprint density at radius 2 is 2.14 bits per heavy atom. The van der Waals surface area contributed by atoms with E-state index < -0.39 is 5.63 Å². The first-order valence-corrected chi connectivity index (χ1v) is 7.38. The van der Waals surface area contributed by atoms with Gasteiger partial charge in [-0.25, -0.2) is 9.59 Å². The SMILES string of the molecule is COCCNC(=O)N1CCC(Oc2cc(C)oc(=O)c2)CC1. The van der Waals surface area contributed by atoms with Crippen molar-refractivity contribution >= 4 is 6.03 Å². The van der Waals surface area contributed by atoms with Crippen molar-refractivity contribution in [2.45, 2.75) is 25.9 Å². The van der Waals surface area contributed by atoms with Gasteiger partial charge in [0, 0.05) is 45.7 Å². The summed E-state index contributed by atoms with van der Waals surface area (Å²) in [6.45, 7) is 3.97. The van der Waals surface area contributed by atoms with Crippen LogP contribution in [-0.2, 0) is 4.74 Å². The van der Waals surface area contributed by atoms with Crippen LogP contribution in [0.3, 0.4) is 0 Å². The minimum atomic E-state index is -0.412. The van der Waals surface area contributed by atoms with E-state index in [2.05, 4.69) is 5.32 Å². The van der Waals surface area contributed by atoms with E-state index in [1.807, 2.05) is 0 Å². The van der Waals surface area contributed by atoms with Gasteiger partial charge in [-0.2, -0.15) is 0 Å². The molecule has 0 radical (unpaired) electrons. The van der Waals surface area contributed by atoms with Crippen LogP contribution in [-0.4, -0.2) is 50.4 Å². The van der Waals surface area contributed by atoms with Crippen LogP contribution in [0.2, 0.25) is 0 Å². The number of amides is 2. The first kappa shape index (κ1) is 16.4. The van der Waals surface area contributed by atoms with Crippen molar-refractivity contribution in [1.82, 2.24) is 10.2 Å². The summed E-state index contributed by atoms with van der Waals surface area (Å²) >= 11 is 0. The highest BCUT2D eigenvalue weighted by Gasteiger charge is 2.23. The number of aryl methyl sites for hydroxylation is 1. The van der Waals surface area contributed by atoms with Crippen LogP contribution in [0.4, 0.5) is 4.79 Å². The lowest BCUT2D eigenvalue weighted by Crippen LogP contribution is -2.47. The molecule has 2 rings (SSSR count). The van der Waals surface area contributed by atoms with Gasteiger partial charge in [0.2, 0.25) is 0 Å². The monoisotopic (exact) mass is 310 g/mol. The van der Waals surface area contributed by atoms with Crippen LogP contribution in [0.1, 0.15) is 18.6 Å². The number of hydrogen-bond acceptors (Lipinski definition) is 5. The lowest BCUT2D eigenvalue weighted by molar-refractivity contribution is 0.109. The molecule has 0 saturated carbocycles. The maximum Gasteiger partial charge on any atom is 0.339 e. The van der Waals surface area contributed by atoms with Crippen LogP contribution in [0.25, 0.3) is 0 Å². The van der Waals surface area contributed by atoms with E-state index in [1.165, 1.54) is 6.07 Å². The molecule has 1 aliphatic heterocycles. The van der Waals surface area contributed by atoms with Gasteiger partial charge >= 0.3 is 11.7 Å². The maximum absolute atomic E-state index is 11.9. The Morgan fingerprint density at radius 3 is 2.77 bits per heavy atom. The molecule has 0 spiro atoms. The molecule has 1 aliphatic rings. The van der Waals surface area contributed by atoms with Gasteiger partial charge in [0.1, 0.15) is 17.6 Å². The highest BCUT2D eigenvalue weighted by molar-refractivity contribution is 5.74. The van der Waals surface area contributed by atoms with Gasteiger partial charge in [0.05, 0.1) is 12.7 Å². The number of piperidine rings is 1. The molecule has 1 fully saturated rings. The third-order valence-corrected chi connectivity index (χ3v) is 3.48. The zero-order chi connectivity index (χ0) is 15.9. The van der Waals surface area contributed by atoms with E-state index in [1.54, 1.807) is 25.0 Å². The Hall–Kier alpha value is -2.02. The number of nitrogens with zero attached hydrogens (tertiary/aromatic N) is 1. The Kier molecular flexibility index (Phi) is 5.83. The molecular weight excluding hydrogens is 288 g/mol. The molecule has 0 aliphatic carbocycles. The van der Waals surface area contributed by atoms with E-state index in [9.17, 15) is 9.59 Å². The fourth-order valence-corrected chi connectivity index (χ4v) is 2.38. The lowest BCUT2D eigenvalue weighted by atomic mass is 10.1. The van der Waals surface area contributed by atoms with Crippen LogP contribution in [0.15, 0.2) is 21.3 Å². The van der Waals surface area contributed by atoms with Crippen LogP contribution >= 0.6 is 0 Å². The summed E-state index contributed by atoms with van der Waals surface area (Å²) in [5.74, 6) is 1.05. The van der Waals surface area contributed by atoms with Gasteiger partial charge in [-0.05, 0) is 6.92 Å².